The van der Waals surface area contributed by atoms with Crippen LogP contribution in [0.3, 0.4) is 0 Å². The van der Waals surface area contributed by atoms with Crippen LogP contribution in [0.4, 0.5) is 0 Å². The number of amides is 2. The lowest BCUT2D eigenvalue weighted by atomic mass is 9.44. The van der Waals surface area contributed by atoms with Crippen LogP contribution in [0, 0.1) is 58.2 Å². The fraction of sp³-hybridized carbons (Fsp3) is 0.524. The Bertz CT molecular complexity index is 2600. The normalized spacial score (nSPS) is 26.2. The van der Waals surface area contributed by atoms with Crippen molar-refractivity contribution in [1.82, 2.24) is 10.6 Å². The Balaban J connectivity index is 1.04. The summed E-state index contributed by atoms with van der Waals surface area (Å²) in [6.45, 7) is 12.5. The van der Waals surface area contributed by atoms with Crippen molar-refractivity contribution in [3.05, 3.63) is 134 Å². The van der Waals surface area contributed by atoms with E-state index in [2.05, 4.69) is 45.3 Å². The van der Waals surface area contributed by atoms with Gasteiger partial charge in [-0.3, -0.25) is 9.59 Å². The Kier molecular flexibility index (Phi) is 17.8. The van der Waals surface area contributed by atoms with E-state index >= 15 is 0 Å². The fourth-order valence-corrected chi connectivity index (χ4v) is 15.4. The number of halogens is 2. The summed E-state index contributed by atoms with van der Waals surface area (Å²) in [5.74, 6) is 0.606. The highest BCUT2D eigenvalue weighted by atomic mass is 35.5. The number of rotatable bonds is 20. The Morgan fingerprint density at radius 3 is 1.71 bits per heavy atom. The molecule has 1 unspecified atom stereocenters. The predicted molar refractivity (Wildman–Crippen MR) is 297 cm³/mol. The molecule has 8 rings (SSSR count). The molecule has 6 N–H and O–H groups in total. The van der Waals surface area contributed by atoms with Crippen LogP contribution in [0.25, 0.3) is 5.57 Å². The molecule has 11 atom stereocenters. The van der Waals surface area contributed by atoms with Gasteiger partial charge in [-0.05, 0) is 181 Å². The minimum atomic E-state index is -1.33. The number of aliphatic carboxylic acids is 2. The van der Waals surface area contributed by atoms with Crippen LogP contribution >= 0.6 is 23.2 Å². The summed E-state index contributed by atoms with van der Waals surface area (Å²) in [5, 5.41) is 47.6. The van der Waals surface area contributed by atoms with E-state index in [9.17, 15) is 39.6 Å². The number of aromatic hydroxyl groups is 2. The molecule has 0 radical (unpaired) electrons. The first-order valence-corrected chi connectivity index (χ1v) is 28.4. The zero-order valence-corrected chi connectivity index (χ0v) is 45.9. The maximum atomic E-state index is 14.0. The Hall–Kier alpha value is -5.32. The zero-order chi connectivity index (χ0) is 53.8. The first-order chi connectivity index (χ1) is 35.8. The van der Waals surface area contributed by atoms with Gasteiger partial charge in [0.2, 0.25) is 0 Å². The molecule has 0 aromatic heterocycles. The third-order valence-electron chi connectivity index (χ3n) is 18.9. The lowest BCUT2D eigenvalue weighted by molar-refractivity contribution is -0.140. The summed E-state index contributed by atoms with van der Waals surface area (Å²) < 4.78 is 0. The number of fused-ring (bicyclic) bond motifs is 5. The number of carboxylic acid groups (broad SMARTS) is 2. The quantitative estimate of drug-likeness (QED) is 0.0507. The molecule has 12 heteroatoms. The minimum absolute atomic E-state index is 0.00686. The second-order valence-electron chi connectivity index (χ2n) is 23.8. The highest BCUT2D eigenvalue weighted by Crippen LogP contribution is 2.69. The van der Waals surface area contributed by atoms with Gasteiger partial charge in [0, 0.05) is 12.8 Å². The van der Waals surface area contributed by atoms with Crippen molar-refractivity contribution in [3.8, 4) is 11.5 Å². The summed E-state index contributed by atoms with van der Waals surface area (Å²) in [7, 11) is 0. The molecule has 0 saturated heterocycles. The lowest BCUT2D eigenvalue weighted by Gasteiger charge is -2.61. The van der Waals surface area contributed by atoms with E-state index < -0.39 is 47.3 Å². The molecule has 4 fully saturated rings. The fourth-order valence-electron chi connectivity index (χ4n) is 14.9. The Morgan fingerprint density at radius 1 is 0.667 bits per heavy atom. The third-order valence-corrected chi connectivity index (χ3v) is 19.5. The minimum Gasteiger partial charge on any atom is -0.506 e. The highest BCUT2D eigenvalue weighted by molar-refractivity contribution is 6.33. The number of carbonyl (C=O) groups excluding carboxylic acids is 2. The van der Waals surface area contributed by atoms with E-state index in [1.807, 2.05) is 18.2 Å². The van der Waals surface area contributed by atoms with E-state index in [1.54, 1.807) is 48.5 Å². The first kappa shape index (κ1) is 55.9. The van der Waals surface area contributed by atoms with Crippen LogP contribution in [0.15, 0.2) is 91.0 Å². The van der Waals surface area contributed by atoms with Gasteiger partial charge in [0.25, 0.3) is 11.8 Å². The Labute approximate surface area is 454 Å². The van der Waals surface area contributed by atoms with Gasteiger partial charge in [-0.25, -0.2) is 9.59 Å². The van der Waals surface area contributed by atoms with Crippen molar-refractivity contribution in [2.24, 2.45) is 58.2 Å². The predicted octanol–water partition coefficient (Wildman–Crippen LogP) is 14.2. The maximum Gasteiger partial charge on any atom is 0.326 e. The van der Waals surface area contributed by atoms with Gasteiger partial charge in [-0.1, -0.05) is 144 Å². The van der Waals surface area contributed by atoms with Crippen molar-refractivity contribution in [2.45, 2.75) is 149 Å². The number of carboxylic acids is 2. The van der Waals surface area contributed by atoms with Gasteiger partial charge in [-0.15, -0.1) is 0 Å². The van der Waals surface area contributed by atoms with E-state index in [-0.39, 0.29) is 34.0 Å². The van der Waals surface area contributed by atoms with Crippen LogP contribution in [-0.4, -0.2) is 56.3 Å². The number of phenolic OH excluding ortho intramolecular Hbond substituents is 2. The second kappa shape index (κ2) is 23.9. The number of allylic oxidation sites excluding steroid dienone is 1. The van der Waals surface area contributed by atoms with E-state index in [0.29, 0.717) is 56.9 Å². The van der Waals surface area contributed by atoms with Crippen molar-refractivity contribution in [2.75, 3.05) is 0 Å². The number of benzene rings is 4. The Morgan fingerprint density at radius 2 is 1.19 bits per heavy atom. The molecule has 402 valence electrons. The molecule has 10 nitrogen and oxygen atoms in total. The molecular formula is C63H78Cl2N2O8. The average Bonchev–Trinajstić information content (AvgIpc) is 3.76. The smallest absolute Gasteiger partial charge is 0.326 e. The van der Waals surface area contributed by atoms with E-state index in [4.69, 9.17) is 23.2 Å². The van der Waals surface area contributed by atoms with Gasteiger partial charge < -0.3 is 31.1 Å². The second-order valence-corrected chi connectivity index (χ2v) is 24.7. The molecule has 4 aliphatic carbocycles. The van der Waals surface area contributed by atoms with Crippen LogP contribution in [0.2, 0.25) is 10.0 Å². The molecule has 0 aliphatic heterocycles. The van der Waals surface area contributed by atoms with Crippen molar-refractivity contribution < 1.29 is 39.6 Å². The van der Waals surface area contributed by atoms with Crippen LogP contribution in [0.1, 0.15) is 167 Å². The summed E-state index contributed by atoms with van der Waals surface area (Å²) in [6.07, 6.45) is 19.1. The molecule has 4 aromatic rings. The van der Waals surface area contributed by atoms with E-state index in [1.165, 1.54) is 88.5 Å². The SMILES string of the molecule is CC(C)CCCC(C)[C@H]1CC[C@H]2[C@@H]3CC[C@H]4C[C@@H](CCC=C(c5cc(Cl)c(O)c(C(=O)N[C@@H](Cc6ccccc6)C(=O)O)c5)c5cc(Cl)c(O)c(C(=O)N[C@@H](Cc6ccccc6)C(=O)O)c5)CC[C@]4(C)[C@H]3CC[C@]12C. The number of carbonyl (C=O) groups is 4. The standard InChI is InChI=1S/C63H78Cl2N2O8/c1-37(2)14-12-15-38(3)49-24-25-50-46-23-22-44-30-41(26-28-62(44,4)51(46)27-29-63(49,50)5)20-13-21-45(42-33-47(56(68)52(64)35-42)58(70)66-54(60(72)73)31-39-16-8-6-9-17-39)43-34-48(57(69)53(65)36-43)59(71)67-55(61(74)75)32-40-18-10-7-11-19-40/h6-11,16-19,21,33-38,41,44,46,49-51,54-55,68-69H,12-15,20,22-32H2,1-5H3,(H,66,70)(H,67,71)(H,72,73)(H,74,75)/t38?,41-,44-,46-,49+,50-,51-,54-,55-,62-,63+/m0/s1. The number of hydrogen-bond acceptors (Lipinski definition) is 6. The molecule has 2 amide bonds. The zero-order valence-electron chi connectivity index (χ0n) is 44.4. The molecule has 4 saturated carbocycles. The van der Waals surface area contributed by atoms with Crippen molar-refractivity contribution in [3.63, 3.8) is 0 Å². The topological polar surface area (TPSA) is 173 Å². The summed E-state index contributed by atoms with van der Waals surface area (Å²) >= 11 is 13.4. The van der Waals surface area contributed by atoms with Crippen molar-refractivity contribution >= 4 is 52.5 Å². The molecular weight excluding hydrogens is 984 g/mol. The summed E-state index contributed by atoms with van der Waals surface area (Å²) in [4.78, 5) is 52.9. The van der Waals surface area contributed by atoms with Gasteiger partial charge >= 0.3 is 11.9 Å². The molecule has 4 aromatic carbocycles. The molecule has 4 aliphatic rings. The van der Waals surface area contributed by atoms with Crippen molar-refractivity contribution in [1.29, 1.82) is 0 Å². The van der Waals surface area contributed by atoms with Gasteiger partial charge in [0.05, 0.1) is 21.2 Å². The third kappa shape index (κ3) is 12.4. The largest absolute Gasteiger partial charge is 0.506 e. The number of hydrogen-bond donors (Lipinski definition) is 6. The van der Waals surface area contributed by atoms with Gasteiger partial charge in [0.1, 0.15) is 23.6 Å². The number of phenols is 2. The monoisotopic (exact) mass is 1060 g/mol. The van der Waals surface area contributed by atoms with E-state index in [0.717, 1.165) is 54.8 Å². The lowest BCUT2D eigenvalue weighted by Crippen LogP contribution is -2.53. The first-order valence-electron chi connectivity index (χ1n) is 27.7. The van der Waals surface area contributed by atoms with Gasteiger partial charge in [0.15, 0.2) is 0 Å². The number of nitrogens with one attached hydrogen (secondary N) is 2. The molecule has 75 heavy (non-hydrogen) atoms. The van der Waals surface area contributed by atoms with Crippen LogP contribution in [-0.2, 0) is 22.4 Å². The molecule has 0 bridgehead atoms. The maximum absolute atomic E-state index is 14.0. The van der Waals surface area contributed by atoms with Crippen LogP contribution in [0.5, 0.6) is 11.5 Å². The molecule has 0 spiro atoms. The van der Waals surface area contributed by atoms with Crippen LogP contribution < -0.4 is 10.6 Å². The van der Waals surface area contributed by atoms with Gasteiger partial charge in [-0.2, -0.15) is 0 Å². The highest BCUT2D eigenvalue weighted by Gasteiger charge is 2.60. The molecule has 0 heterocycles. The summed E-state index contributed by atoms with van der Waals surface area (Å²) in [5.41, 5.74) is 2.88. The average molecular weight is 1060 g/mol. The summed E-state index contributed by atoms with van der Waals surface area (Å²) in [6, 6.07) is 21.0.